The average Bonchev–Trinajstić information content (AvgIpc) is 2.56. The van der Waals surface area contributed by atoms with Crippen molar-refractivity contribution in [2.45, 2.75) is 39.8 Å². The first-order chi connectivity index (χ1) is 12.2. The molecule has 1 aromatic carbocycles. The van der Waals surface area contributed by atoms with Crippen LogP contribution >= 0.6 is 11.6 Å². The topological polar surface area (TPSA) is 53.9 Å². The van der Waals surface area contributed by atoms with E-state index in [1.54, 1.807) is 11.8 Å². The number of carbonyl (C=O) groups is 1. The van der Waals surface area contributed by atoms with Gasteiger partial charge >= 0.3 is 12.1 Å². The summed E-state index contributed by atoms with van der Waals surface area (Å²) >= 11 is 5.94. The number of alkyl halides is 3. The van der Waals surface area contributed by atoms with Crippen LogP contribution in [0.25, 0.3) is 0 Å². The molecule has 0 fully saturated rings. The third-order valence-corrected chi connectivity index (χ3v) is 3.65. The second-order valence-electron chi connectivity index (χ2n) is 5.45. The lowest BCUT2D eigenvalue weighted by Gasteiger charge is -2.23. The van der Waals surface area contributed by atoms with Crippen LogP contribution in [0.5, 0.6) is 0 Å². The van der Waals surface area contributed by atoms with Crippen LogP contribution in [0.4, 0.5) is 18.9 Å². The van der Waals surface area contributed by atoms with Gasteiger partial charge in [-0.1, -0.05) is 25.4 Å². The molecule has 0 aromatic heterocycles. The van der Waals surface area contributed by atoms with E-state index in [0.717, 1.165) is 31.0 Å². The van der Waals surface area contributed by atoms with Gasteiger partial charge in [0.15, 0.2) is 0 Å². The van der Waals surface area contributed by atoms with E-state index in [2.05, 4.69) is 10.5 Å². The van der Waals surface area contributed by atoms with Gasteiger partial charge < -0.3 is 9.64 Å². The van der Waals surface area contributed by atoms with Gasteiger partial charge in [0.2, 0.25) is 5.84 Å². The number of benzene rings is 1. The molecule has 0 amide bonds. The predicted molar refractivity (Wildman–Crippen MR) is 96.3 cm³/mol. The van der Waals surface area contributed by atoms with Crippen LogP contribution in [0.3, 0.4) is 0 Å². The lowest BCUT2D eigenvalue weighted by atomic mass is 10.2. The molecule has 0 unspecified atom stereocenters. The fourth-order valence-electron chi connectivity index (χ4n) is 2.20. The van der Waals surface area contributed by atoms with E-state index < -0.39 is 17.7 Å². The molecule has 0 saturated heterocycles. The van der Waals surface area contributed by atoms with Gasteiger partial charge in [0.25, 0.3) is 0 Å². The van der Waals surface area contributed by atoms with Crippen molar-refractivity contribution < 1.29 is 22.7 Å². The third-order valence-electron chi connectivity index (χ3n) is 3.32. The van der Waals surface area contributed by atoms with Crippen molar-refractivity contribution in [3.05, 3.63) is 28.8 Å². The Labute approximate surface area is 156 Å². The zero-order chi connectivity index (χ0) is 19.7. The molecule has 0 atom stereocenters. The maximum absolute atomic E-state index is 12.9. The van der Waals surface area contributed by atoms with Crippen LogP contribution in [0.1, 0.15) is 39.2 Å². The summed E-state index contributed by atoms with van der Waals surface area (Å²) in [5.74, 6) is -0.644. The minimum atomic E-state index is -4.51. The molecule has 0 aliphatic heterocycles. The molecule has 1 rings (SSSR count). The summed E-state index contributed by atoms with van der Waals surface area (Å²) < 4.78 is 43.6. The normalized spacial score (nSPS) is 12.0. The van der Waals surface area contributed by atoms with Crippen molar-refractivity contribution in [3.63, 3.8) is 0 Å². The van der Waals surface area contributed by atoms with Crippen molar-refractivity contribution in [2.75, 3.05) is 25.1 Å². The van der Waals surface area contributed by atoms with Crippen molar-refractivity contribution in [2.24, 2.45) is 5.10 Å². The highest BCUT2D eigenvalue weighted by Gasteiger charge is 2.31. The van der Waals surface area contributed by atoms with E-state index in [-0.39, 0.29) is 23.2 Å². The lowest BCUT2D eigenvalue weighted by Crippen LogP contribution is -2.39. The molecule has 146 valence electrons. The van der Waals surface area contributed by atoms with E-state index in [0.29, 0.717) is 13.1 Å². The number of hydrogen-bond acceptors (Lipinski definition) is 4. The summed E-state index contributed by atoms with van der Waals surface area (Å²) in [5.41, 5.74) is 1.57. The van der Waals surface area contributed by atoms with Gasteiger partial charge in [-0.15, -0.1) is 5.10 Å². The Bertz CT molecular complexity index is 630. The van der Waals surface area contributed by atoms with Crippen LogP contribution in [-0.4, -0.2) is 36.4 Å². The highest BCUT2D eigenvalue weighted by molar-refractivity contribution is 6.35. The molecular weight excluding hydrogens is 371 g/mol. The van der Waals surface area contributed by atoms with Gasteiger partial charge in [-0.25, -0.2) is 4.79 Å². The molecule has 0 spiro atoms. The van der Waals surface area contributed by atoms with Gasteiger partial charge in [0.1, 0.15) is 0 Å². The Morgan fingerprint density at radius 2 is 1.85 bits per heavy atom. The second-order valence-corrected chi connectivity index (χ2v) is 5.85. The van der Waals surface area contributed by atoms with Crippen LogP contribution in [0, 0.1) is 0 Å². The van der Waals surface area contributed by atoms with Crippen LogP contribution in [0.2, 0.25) is 5.02 Å². The van der Waals surface area contributed by atoms with Crippen molar-refractivity contribution in [3.8, 4) is 0 Å². The molecule has 1 N–H and O–H groups in total. The molecule has 0 bridgehead atoms. The summed E-state index contributed by atoms with van der Waals surface area (Å²) in [5, 5.41) is 4.06. The van der Waals surface area contributed by atoms with Crippen molar-refractivity contribution in [1.82, 2.24) is 4.90 Å². The van der Waals surface area contributed by atoms with Gasteiger partial charge in [0.05, 0.1) is 22.9 Å². The van der Waals surface area contributed by atoms with Gasteiger partial charge in [0, 0.05) is 13.1 Å². The Morgan fingerprint density at radius 1 is 1.23 bits per heavy atom. The Morgan fingerprint density at radius 3 is 2.35 bits per heavy atom. The maximum Gasteiger partial charge on any atom is 0.416 e. The molecule has 0 radical (unpaired) electrons. The molecule has 26 heavy (non-hydrogen) atoms. The number of halogens is 4. The zero-order valence-corrected chi connectivity index (χ0v) is 15.7. The minimum absolute atomic E-state index is 0.00373. The monoisotopic (exact) mass is 393 g/mol. The van der Waals surface area contributed by atoms with E-state index in [4.69, 9.17) is 16.3 Å². The average molecular weight is 394 g/mol. The van der Waals surface area contributed by atoms with E-state index in [9.17, 15) is 18.0 Å². The minimum Gasteiger partial charge on any atom is -0.460 e. The fraction of sp³-hybridized carbons (Fsp3) is 0.529. The number of esters is 1. The number of carbonyl (C=O) groups excluding carboxylic acids is 1. The molecule has 5 nitrogen and oxygen atoms in total. The number of hydrazone groups is 1. The lowest BCUT2D eigenvalue weighted by molar-refractivity contribution is -0.137. The summed E-state index contributed by atoms with van der Waals surface area (Å²) in [6, 6.07) is 2.85. The number of nitrogens with zero attached hydrogens (tertiary/aromatic N) is 2. The predicted octanol–water partition coefficient (Wildman–Crippen LogP) is 4.77. The fourth-order valence-corrected chi connectivity index (χ4v) is 2.36. The quantitative estimate of drug-likeness (QED) is 0.314. The van der Waals surface area contributed by atoms with Gasteiger partial charge in [-0.05, 0) is 38.0 Å². The summed E-state index contributed by atoms with van der Waals surface area (Å²) in [6.45, 7) is 6.84. The van der Waals surface area contributed by atoms with Crippen molar-refractivity contribution >= 4 is 29.1 Å². The number of nitrogens with one attached hydrogen (secondary N) is 1. The smallest absolute Gasteiger partial charge is 0.416 e. The molecule has 0 aliphatic carbocycles. The van der Waals surface area contributed by atoms with Gasteiger partial charge in [-0.2, -0.15) is 13.2 Å². The largest absolute Gasteiger partial charge is 0.460 e. The Hall–Kier alpha value is -1.96. The number of rotatable bonds is 7. The zero-order valence-electron chi connectivity index (χ0n) is 15.0. The highest BCUT2D eigenvalue weighted by atomic mass is 35.5. The molecule has 0 heterocycles. The van der Waals surface area contributed by atoms with Crippen LogP contribution in [0.15, 0.2) is 23.3 Å². The standard InChI is InChI=1S/C17H23ClF3N3O2/c1-4-9-24(10-5-2)15(16(25)26-6-3)23-22-14-11-12(17(19,20)21)7-8-13(14)18/h7-8,11,22H,4-6,9-10H2,1-3H3/b23-15-. The molecule has 9 heteroatoms. The summed E-state index contributed by atoms with van der Waals surface area (Å²) in [7, 11) is 0. The number of anilines is 1. The van der Waals surface area contributed by atoms with E-state index in [1.165, 1.54) is 0 Å². The van der Waals surface area contributed by atoms with E-state index >= 15 is 0 Å². The van der Waals surface area contributed by atoms with Gasteiger partial charge in [-0.3, -0.25) is 5.43 Å². The Kier molecular flexibility index (Phi) is 8.71. The van der Waals surface area contributed by atoms with Crippen molar-refractivity contribution in [1.29, 1.82) is 0 Å². The maximum atomic E-state index is 12.9. The third kappa shape index (κ3) is 6.40. The SMILES string of the molecule is CCCN(CCC)/C(=N\Nc1cc(C(F)(F)F)ccc1Cl)C(=O)OCC. The highest BCUT2D eigenvalue weighted by Crippen LogP contribution is 2.33. The Balaban J connectivity index is 3.18. The molecule has 0 aliphatic rings. The molecule has 0 saturated carbocycles. The summed E-state index contributed by atoms with van der Waals surface area (Å²) in [4.78, 5) is 13.9. The number of hydrogen-bond donors (Lipinski definition) is 1. The second kappa shape index (κ2) is 10.3. The summed E-state index contributed by atoms with van der Waals surface area (Å²) in [6.07, 6.45) is -2.98. The number of amidine groups is 1. The first-order valence-electron chi connectivity index (χ1n) is 8.37. The first-order valence-corrected chi connectivity index (χ1v) is 8.74. The molecule has 1 aromatic rings. The van der Waals surface area contributed by atoms with Crippen LogP contribution < -0.4 is 5.43 Å². The van der Waals surface area contributed by atoms with E-state index in [1.807, 2.05) is 13.8 Å². The first kappa shape index (κ1) is 22.1. The molecular formula is C17H23ClF3N3O2. The number of ether oxygens (including phenoxy) is 1. The van der Waals surface area contributed by atoms with Crippen LogP contribution in [-0.2, 0) is 15.7 Å².